The van der Waals surface area contributed by atoms with Gasteiger partial charge in [-0.3, -0.25) is 4.57 Å². The first kappa shape index (κ1) is 50.8. The summed E-state index contributed by atoms with van der Waals surface area (Å²) in [5.74, 6) is 0. The largest absolute Gasteiger partial charge is 1.00 e. The predicted octanol–water partition coefficient (Wildman–Crippen LogP) is -20.1. The van der Waals surface area contributed by atoms with Gasteiger partial charge in [0.1, 0.15) is 36.6 Å². The van der Waals surface area contributed by atoms with Crippen LogP contribution >= 0.6 is 23.5 Å². The normalized spacial score (nSPS) is 27.6. The molecule has 0 aliphatic heterocycles. The Hall–Kier alpha value is 5.17. The average molecular weight is 629 g/mol. The van der Waals surface area contributed by atoms with Crippen molar-refractivity contribution in [2.45, 2.75) is 62.3 Å². The van der Waals surface area contributed by atoms with E-state index in [0.29, 0.717) is 25.8 Å². The third-order valence-electron chi connectivity index (χ3n) is 4.12. The van der Waals surface area contributed by atoms with Crippen LogP contribution in [-0.2, 0) is 31.8 Å². The minimum absolute atomic E-state index is 0. The van der Waals surface area contributed by atoms with Gasteiger partial charge in [0.15, 0.2) is 0 Å². The van der Waals surface area contributed by atoms with Crippen LogP contribution in [0.25, 0.3) is 0 Å². The molecule has 16 nitrogen and oxygen atoms in total. The number of phosphoric acid groups is 3. The third-order valence-corrected chi connectivity index (χ3v) is 6.12. The van der Waals surface area contributed by atoms with Crippen LogP contribution in [0.1, 0.15) is 25.7 Å². The van der Waals surface area contributed by atoms with Crippen molar-refractivity contribution in [3.8, 4) is 0 Å². The molecule has 0 aromatic rings. The van der Waals surface area contributed by atoms with Gasteiger partial charge in [-0.25, -0.2) is 0 Å². The molecule has 186 valence electrons. The molecule has 1 unspecified atom stereocenters. The number of hydrogen-bond donors (Lipinski definition) is 4. The second-order valence-electron chi connectivity index (χ2n) is 6.56. The fourth-order valence-corrected chi connectivity index (χ4v) is 4.84. The molecule has 7 atom stereocenters. The SMILES string of the molecule is NCCCCCCOP(=O)([O-])O[C@H]1[C@H](O)[C@@H](O)[C@H](OP(=O)([O-])[O-])[C@@H](OP(=O)([O-])[O-])[C@H]1O.[Na+].[Na+].[Na+].[Na+].[Na+]. The van der Waals surface area contributed by atoms with Gasteiger partial charge in [0.25, 0.3) is 7.82 Å². The van der Waals surface area contributed by atoms with Crippen LogP contribution in [0.15, 0.2) is 0 Å². The molecule has 0 aromatic heterocycles. The van der Waals surface area contributed by atoms with E-state index in [0.717, 1.165) is 0 Å². The van der Waals surface area contributed by atoms with Crippen LogP contribution in [0.3, 0.4) is 0 Å². The van der Waals surface area contributed by atoms with Crippen molar-refractivity contribution in [2.24, 2.45) is 5.73 Å². The Balaban J connectivity index is -0.000000641. The molecule has 0 saturated heterocycles. The second-order valence-corrected chi connectivity index (χ2v) is 10.1. The van der Waals surface area contributed by atoms with Gasteiger partial charge in [-0.2, -0.15) is 0 Å². The van der Waals surface area contributed by atoms with Gasteiger partial charge >= 0.3 is 148 Å². The molecule has 1 fully saturated rings. The van der Waals surface area contributed by atoms with E-state index in [1.54, 1.807) is 0 Å². The van der Waals surface area contributed by atoms with E-state index in [1.165, 1.54) is 0 Å². The van der Waals surface area contributed by atoms with E-state index in [-0.39, 0.29) is 161 Å². The van der Waals surface area contributed by atoms with Crippen LogP contribution in [0, 0.1) is 0 Å². The maximum Gasteiger partial charge on any atom is 1.00 e. The van der Waals surface area contributed by atoms with Gasteiger partial charge in [0.05, 0.1) is 22.3 Å². The number of nitrogens with two attached hydrogens (primary N) is 1. The summed E-state index contributed by atoms with van der Waals surface area (Å²) < 4.78 is 50.5. The molecule has 1 aliphatic carbocycles. The van der Waals surface area contributed by atoms with Gasteiger partial charge in [0, 0.05) is 0 Å². The quantitative estimate of drug-likeness (QED) is 0.0835. The first-order valence-electron chi connectivity index (χ1n) is 8.87. The molecule has 0 radical (unpaired) electrons. The topological polar surface area (TPSA) is 290 Å². The van der Waals surface area contributed by atoms with Crippen molar-refractivity contribution in [3.05, 3.63) is 0 Å². The Morgan fingerprint density at radius 1 is 0.611 bits per heavy atom. The number of hydrogen-bond acceptors (Lipinski definition) is 16. The van der Waals surface area contributed by atoms with Crippen molar-refractivity contribution in [3.63, 3.8) is 0 Å². The third kappa shape index (κ3) is 20.2. The molecule has 36 heavy (non-hydrogen) atoms. The summed E-state index contributed by atoms with van der Waals surface area (Å²) in [5, 5.41) is 30.1. The summed E-state index contributed by atoms with van der Waals surface area (Å²) in [6, 6.07) is 0. The number of rotatable bonds is 13. The molecule has 0 heterocycles. The van der Waals surface area contributed by atoms with Gasteiger partial charge in [-0.1, -0.05) is 12.8 Å². The zero-order chi connectivity index (χ0) is 24.0. The molecule has 0 amide bonds. The molecule has 1 saturated carbocycles. The van der Waals surface area contributed by atoms with Crippen LogP contribution in [0.5, 0.6) is 0 Å². The molecule has 5 N–H and O–H groups in total. The number of unbranched alkanes of at least 4 members (excludes halogenated alkanes) is 3. The van der Waals surface area contributed by atoms with E-state index in [1.807, 2.05) is 0 Å². The summed E-state index contributed by atoms with van der Waals surface area (Å²) in [6.45, 7) is 0.0931. The van der Waals surface area contributed by atoms with Gasteiger partial charge < -0.3 is 72.7 Å². The van der Waals surface area contributed by atoms with Gasteiger partial charge in [-0.05, 0) is 19.4 Å². The molecule has 1 rings (SSSR count). The van der Waals surface area contributed by atoms with Gasteiger partial charge in [-0.15, -0.1) is 0 Å². The first-order chi connectivity index (χ1) is 14.1. The van der Waals surface area contributed by atoms with Crippen molar-refractivity contribution in [1.29, 1.82) is 0 Å². The van der Waals surface area contributed by atoms with Gasteiger partial charge in [0.2, 0.25) is 0 Å². The van der Waals surface area contributed by atoms with E-state index in [9.17, 15) is 53.5 Å². The Morgan fingerprint density at radius 3 is 1.42 bits per heavy atom. The van der Waals surface area contributed by atoms with Crippen molar-refractivity contribution < 1.29 is 219 Å². The maximum atomic E-state index is 12.0. The van der Waals surface area contributed by atoms with Crippen LogP contribution < -0.4 is 178 Å². The smallest absolute Gasteiger partial charge is 0.790 e. The summed E-state index contributed by atoms with van der Waals surface area (Å²) in [6.07, 6.45) is -12.8. The van der Waals surface area contributed by atoms with Crippen molar-refractivity contribution in [2.75, 3.05) is 13.2 Å². The summed E-state index contributed by atoms with van der Waals surface area (Å²) in [7, 11) is -17.2. The zero-order valence-corrected chi connectivity index (χ0v) is 33.5. The van der Waals surface area contributed by atoms with Crippen LogP contribution in [0.2, 0.25) is 0 Å². The summed E-state index contributed by atoms with van der Waals surface area (Å²) in [5.41, 5.74) is 5.31. The minimum atomic E-state index is -6.00. The van der Waals surface area contributed by atoms with E-state index in [2.05, 4.69) is 18.1 Å². The monoisotopic (exact) mass is 629 g/mol. The first-order valence-corrected chi connectivity index (χ1v) is 13.3. The molecular formula is C12H23NNa5O15P3. The molecule has 24 heteroatoms. The molecule has 0 aromatic carbocycles. The van der Waals surface area contributed by atoms with Crippen molar-refractivity contribution >= 4 is 23.5 Å². The fraction of sp³-hybridized carbons (Fsp3) is 1.00. The Labute approximate surface area is 319 Å². The Kier molecular flexibility index (Phi) is 33.2. The molecule has 0 spiro atoms. The molecule has 0 bridgehead atoms. The molecular weight excluding hydrogens is 606 g/mol. The van der Waals surface area contributed by atoms with Crippen LogP contribution in [0.4, 0.5) is 0 Å². The minimum Gasteiger partial charge on any atom is -0.790 e. The number of phosphoric ester groups is 3. The van der Waals surface area contributed by atoms with E-state index >= 15 is 0 Å². The predicted molar refractivity (Wildman–Crippen MR) is 88.9 cm³/mol. The number of aliphatic hydroxyl groups excluding tert-OH is 3. The van der Waals surface area contributed by atoms with E-state index in [4.69, 9.17) is 5.73 Å². The number of aliphatic hydroxyl groups is 3. The van der Waals surface area contributed by atoms with Crippen molar-refractivity contribution in [1.82, 2.24) is 0 Å². The second kappa shape index (κ2) is 23.5. The Morgan fingerprint density at radius 2 is 1.00 bits per heavy atom. The summed E-state index contributed by atoms with van der Waals surface area (Å²) in [4.78, 5) is 55.4. The molecule has 1 aliphatic rings. The Bertz CT molecular complexity index is 718. The van der Waals surface area contributed by atoms with E-state index < -0.39 is 60.1 Å². The average Bonchev–Trinajstić information content (AvgIpc) is 2.61. The zero-order valence-electron chi connectivity index (χ0n) is 20.9. The van der Waals surface area contributed by atoms with Crippen LogP contribution in [-0.4, -0.2) is 65.1 Å². The standard InChI is InChI=1S/C12H28NO15P3.5Na/c13-5-3-1-2-4-6-25-31(23,24)28-10-7(14)8(15)11(26-29(17,18)19)12(9(10)16)27-30(20,21)22;;;;;/h7-12,14-16H,1-6,13H2,(H,23,24)(H2,17,18,19)(H2,20,21,22);;;;;/q;5*+1/p-5/t7-,8-,9+,10+,11+,12+;;;;;/m1...../s1. The summed E-state index contributed by atoms with van der Waals surface area (Å²) >= 11 is 0. The fourth-order valence-electron chi connectivity index (χ4n) is 2.79. The maximum absolute atomic E-state index is 12.0.